The molecule has 0 bridgehead atoms. The summed E-state index contributed by atoms with van der Waals surface area (Å²) >= 11 is 2.21. The quantitative estimate of drug-likeness (QED) is 0.844. The van der Waals surface area contributed by atoms with E-state index in [1.54, 1.807) is 17.4 Å². The van der Waals surface area contributed by atoms with Crippen LogP contribution in [-0.2, 0) is 18.8 Å². The van der Waals surface area contributed by atoms with Gasteiger partial charge in [-0.25, -0.2) is 4.98 Å². The van der Waals surface area contributed by atoms with Crippen LogP contribution in [0, 0.1) is 6.92 Å². The van der Waals surface area contributed by atoms with Gasteiger partial charge in [0.05, 0.1) is 12.3 Å². The SMILES string of the molecule is Cc1cnc(CNCc2ccc(CSC(F)F)o2)s1. The van der Waals surface area contributed by atoms with Gasteiger partial charge in [0.15, 0.2) is 0 Å². The van der Waals surface area contributed by atoms with E-state index in [2.05, 4.69) is 10.3 Å². The molecular weight excluding hydrogens is 290 g/mol. The Labute approximate surface area is 118 Å². The normalized spacial score (nSPS) is 11.4. The average Bonchev–Trinajstić information content (AvgIpc) is 2.96. The van der Waals surface area contributed by atoms with Crippen molar-refractivity contribution in [3.63, 3.8) is 0 Å². The summed E-state index contributed by atoms with van der Waals surface area (Å²) in [5.74, 6) is -0.839. The van der Waals surface area contributed by atoms with Gasteiger partial charge in [0.1, 0.15) is 16.5 Å². The van der Waals surface area contributed by atoms with Gasteiger partial charge in [0.25, 0.3) is 5.76 Å². The third-order valence-corrected chi connectivity index (χ3v) is 3.93. The molecule has 0 saturated heterocycles. The lowest BCUT2D eigenvalue weighted by Gasteiger charge is -2.00. The molecule has 0 aliphatic carbocycles. The number of halogens is 2. The smallest absolute Gasteiger partial charge is 0.284 e. The molecule has 0 radical (unpaired) electrons. The zero-order valence-electron chi connectivity index (χ0n) is 10.4. The van der Waals surface area contributed by atoms with E-state index in [0.29, 0.717) is 30.6 Å². The maximum absolute atomic E-state index is 12.0. The molecule has 1 N–H and O–H groups in total. The fourth-order valence-corrected chi connectivity index (χ4v) is 2.72. The fourth-order valence-electron chi connectivity index (χ4n) is 1.52. The molecular formula is C12H14F2N2OS2. The highest BCUT2D eigenvalue weighted by Crippen LogP contribution is 2.21. The van der Waals surface area contributed by atoms with Crippen molar-refractivity contribution in [3.05, 3.63) is 39.7 Å². The Hall–Kier alpha value is -0.920. The van der Waals surface area contributed by atoms with Crippen molar-refractivity contribution >= 4 is 23.1 Å². The van der Waals surface area contributed by atoms with Crippen LogP contribution in [0.4, 0.5) is 8.78 Å². The minimum absolute atomic E-state index is 0.198. The molecule has 0 aliphatic rings. The molecule has 0 unspecified atom stereocenters. The molecule has 104 valence electrons. The van der Waals surface area contributed by atoms with Crippen LogP contribution in [0.3, 0.4) is 0 Å². The molecule has 2 heterocycles. The van der Waals surface area contributed by atoms with E-state index >= 15 is 0 Å². The van der Waals surface area contributed by atoms with Crippen LogP contribution < -0.4 is 5.32 Å². The second-order valence-electron chi connectivity index (χ2n) is 3.91. The molecule has 0 amide bonds. The summed E-state index contributed by atoms with van der Waals surface area (Å²) < 4.78 is 29.5. The summed E-state index contributed by atoms with van der Waals surface area (Å²) in [5, 5.41) is 4.23. The number of alkyl halides is 2. The zero-order valence-corrected chi connectivity index (χ0v) is 12.0. The molecule has 0 aromatic carbocycles. The number of hydrogen-bond acceptors (Lipinski definition) is 5. The minimum Gasteiger partial charge on any atom is -0.464 e. The number of furan rings is 1. The molecule has 2 aromatic rings. The Bertz CT molecular complexity index is 513. The van der Waals surface area contributed by atoms with Crippen LogP contribution in [0.2, 0.25) is 0 Å². The molecule has 0 spiro atoms. The van der Waals surface area contributed by atoms with Crippen molar-refractivity contribution in [1.29, 1.82) is 0 Å². The number of aromatic nitrogens is 1. The summed E-state index contributed by atoms with van der Waals surface area (Å²) in [6, 6.07) is 3.54. The number of rotatable bonds is 7. The van der Waals surface area contributed by atoms with Gasteiger partial charge in [-0.15, -0.1) is 11.3 Å². The Morgan fingerprint density at radius 2 is 2.16 bits per heavy atom. The number of hydrogen-bond donors (Lipinski definition) is 1. The summed E-state index contributed by atoms with van der Waals surface area (Å²) in [5.41, 5.74) is 0. The molecule has 19 heavy (non-hydrogen) atoms. The van der Waals surface area contributed by atoms with Gasteiger partial charge >= 0.3 is 0 Å². The van der Waals surface area contributed by atoms with E-state index in [1.807, 2.05) is 19.2 Å². The topological polar surface area (TPSA) is 38.1 Å². The van der Waals surface area contributed by atoms with E-state index in [-0.39, 0.29) is 5.75 Å². The number of thiazole rings is 1. The molecule has 0 saturated carbocycles. The van der Waals surface area contributed by atoms with E-state index in [4.69, 9.17) is 4.42 Å². The second kappa shape index (κ2) is 7.02. The van der Waals surface area contributed by atoms with Gasteiger partial charge in [-0.05, 0) is 19.1 Å². The molecule has 0 atom stereocenters. The van der Waals surface area contributed by atoms with Crippen molar-refractivity contribution in [1.82, 2.24) is 10.3 Å². The Morgan fingerprint density at radius 1 is 1.37 bits per heavy atom. The van der Waals surface area contributed by atoms with Crippen LogP contribution >= 0.6 is 23.1 Å². The summed E-state index contributed by atoms with van der Waals surface area (Å²) in [7, 11) is 0. The third kappa shape index (κ3) is 4.93. The Balaban J connectivity index is 1.74. The predicted molar refractivity (Wildman–Crippen MR) is 73.4 cm³/mol. The number of thioether (sulfide) groups is 1. The van der Waals surface area contributed by atoms with Gasteiger partial charge in [0, 0.05) is 17.6 Å². The average molecular weight is 304 g/mol. The van der Waals surface area contributed by atoms with Crippen molar-refractivity contribution in [2.75, 3.05) is 0 Å². The van der Waals surface area contributed by atoms with E-state index in [1.165, 1.54) is 4.88 Å². The third-order valence-electron chi connectivity index (χ3n) is 2.31. The lowest BCUT2D eigenvalue weighted by atomic mass is 10.4. The largest absolute Gasteiger partial charge is 0.464 e. The van der Waals surface area contributed by atoms with Gasteiger partial charge in [-0.1, -0.05) is 11.8 Å². The summed E-state index contributed by atoms with van der Waals surface area (Å²) in [6.45, 7) is 3.26. The highest BCUT2D eigenvalue weighted by atomic mass is 32.2. The second-order valence-corrected chi connectivity index (χ2v) is 6.21. The predicted octanol–water partition coefficient (Wildman–Crippen LogP) is 3.79. The van der Waals surface area contributed by atoms with E-state index < -0.39 is 5.76 Å². The summed E-state index contributed by atoms with van der Waals surface area (Å²) in [4.78, 5) is 5.42. The van der Waals surface area contributed by atoms with Crippen LogP contribution in [0.5, 0.6) is 0 Å². The number of nitrogens with one attached hydrogen (secondary N) is 1. The molecule has 3 nitrogen and oxygen atoms in total. The lowest BCUT2D eigenvalue weighted by molar-refractivity contribution is 0.251. The lowest BCUT2D eigenvalue weighted by Crippen LogP contribution is -2.11. The first kappa shape index (κ1) is 14.5. The van der Waals surface area contributed by atoms with Crippen LogP contribution in [-0.4, -0.2) is 10.7 Å². The van der Waals surface area contributed by atoms with Crippen LogP contribution in [0.1, 0.15) is 21.4 Å². The van der Waals surface area contributed by atoms with Crippen LogP contribution in [0.15, 0.2) is 22.7 Å². The number of aryl methyl sites for hydroxylation is 1. The molecule has 7 heteroatoms. The van der Waals surface area contributed by atoms with E-state index in [9.17, 15) is 8.78 Å². The van der Waals surface area contributed by atoms with Crippen molar-refractivity contribution in [2.24, 2.45) is 0 Å². The first-order chi connectivity index (χ1) is 9.13. The van der Waals surface area contributed by atoms with Crippen LogP contribution in [0.25, 0.3) is 0 Å². The highest BCUT2D eigenvalue weighted by molar-refractivity contribution is 7.98. The molecule has 2 aromatic heterocycles. The fraction of sp³-hybridized carbons (Fsp3) is 0.417. The van der Waals surface area contributed by atoms with Gasteiger partial charge in [0.2, 0.25) is 0 Å². The number of nitrogens with zero attached hydrogens (tertiary/aromatic N) is 1. The monoisotopic (exact) mass is 304 g/mol. The minimum atomic E-state index is -2.36. The highest BCUT2D eigenvalue weighted by Gasteiger charge is 2.07. The maximum Gasteiger partial charge on any atom is 0.284 e. The van der Waals surface area contributed by atoms with Crippen molar-refractivity contribution in [2.45, 2.75) is 31.5 Å². The molecule has 2 rings (SSSR count). The first-order valence-electron chi connectivity index (χ1n) is 5.73. The Kier molecular flexibility index (Phi) is 5.35. The van der Waals surface area contributed by atoms with E-state index in [0.717, 1.165) is 10.8 Å². The zero-order chi connectivity index (χ0) is 13.7. The van der Waals surface area contributed by atoms with Gasteiger partial charge < -0.3 is 9.73 Å². The van der Waals surface area contributed by atoms with Gasteiger partial charge in [-0.2, -0.15) is 8.78 Å². The maximum atomic E-state index is 12.0. The molecule has 0 aliphatic heterocycles. The molecule has 0 fully saturated rings. The Morgan fingerprint density at radius 3 is 2.84 bits per heavy atom. The van der Waals surface area contributed by atoms with Crippen molar-refractivity contribution < 1.29 is 13.2 Å². The standard InChI is InChI=1S/C12H14F2N2OS2/c1-8-4-16-11(19-8)6-15-5-9-2-3-10(17-9)7-18-12(13)14/h2-4,12,15H,5-7H2,1H3. The van der Waals surface area contributed by atoms with Gasteiger partial charge in [-0.3, -0.25) is 0 Å². The van der Waals surface area contributed by atoms with Crippen molar-refractivity contribution in [3.8, 4) is 0 Å². The first-order valence-corrected chi connectivity index (χ1v) is 7.59. The summed E-state index contributed by atoms with van der Waals surface area (Å²) in [6.07, 6.45) is 1.84.